The van der Waals surface area contributed by atoms with Crippen molar-refractivity contribution in [2.75, 3.05) is 6.61 Å². The zero-order chi connectivity index (χ0) is 5.98. The summed E-state index contributed by atoms with van der Waals surface area (Å²) in [7, 11) is 0. The summed E-state index contributed by atoms with van der Waals surface area (Å²) in [6, 6.07) is 0. The summed E-state index contributed by atoms with van der Waals surface area (Å²) in [6.45, 7) is 4.29. The Labute approximate surface area is 50.7 Å². The van der Waals surface area contributed by atoms with E-state index < -0.39 is 0 Å². The maximum atomic E-state index is 8.66. The highest BCUT2D eigenvalue weighted by Gasteiger charge is 2.19. The first-order valence-electron chi connectivity index (χ1n) is 3.27. The fourth-order valence-corrected chi connectivity index (χ4v) is 1.34. The SMILES string of the molecule is [CH2]C1CCC(CO)C1. The van der Waals surface area contributed by atoms with E-state index in [4.69, 9.17) is 5.11 Å². The number of aliphatic hydroxyl groups excluding tert-OH is 1. The molecule has 0 aromatic carbocycles. The van der Waals surface area contributed by atoms with E-state index in [1.165, 1.54) is 12.8 Å². The molecule has 8 heavy (non-hydrogen) atoms. The van der Waals surface area contributed by atoms with E-state index in [-0.39, 0.29) is 0 Å². The summed E-state index contributed by atoms with van der Waals surface area (Å²) in [4.78, 5) is 0. The van der Waals surface area contributed by atoms with Gasteiger partial charge in [-0.1, -0.05) is 13.3 Å². The highest BCUT2D eigenvalue weighted by molar-refractivity contribution is 4.75. The molecule has 0 aromatic heterocycles. The number of rotatable bonds is 1. The molecule has 1 nitrogen and oxygen atoms in total. The van der Waals surface area contributed by atoms with Crippen LogP contribution in [-0.4, -0.2) is 11.7 Å². The van der Waals surface area contributed by atoms with Crippen molar-refractivity contribution in [1.29, 1.82) is 0 Å². The minimum Gasteiger partial charge on any atom is -0.396 e. The predicted molar refractivity (Wildman–Crippen MR) is 33.3 cm³/mol. The summed E-state index contributed by atoms with van der Waals surface area (Å²) in [5.74, 6) is 1.18. The van der Waals surface area contributed by atoms with Crippen LogP contribution >= 0.6 is 0 Å². The Kier molecular flexibility index (Phi) is 1.90. The van der Waals surface area contributed by atoms with Gasteiger partial charge < -0.3 is 5.11 Å². The van der Waals surface area contributed by atoms with Gasteiger partial charge in [0.2, 0.25) is 0 Å². The Hall–Kier alpha value is -0.0400. The molecule has 2 atom stereocenters. The molecule has 0 aromatic rings. The summed E-state index contributed by atoms with van der Waals surface area (Å²) >= 11 is 0. The average Bonchev–Trinajstić information content (AvgIpc) is 2.14. The summed E-state index contributed by atoms with van der Waals surface area (Å²) in [5, 5.41) is 8.66. The van der Waals surface area contributed by atoms with Gasteiger partial charge in [0.1, 0.15) is 0 Å². The van der Waals surface area contributed by atoms with Crippen molar-refractivity contribution in [1.82, 2.24) is 0 Å². The molecule has 2 unspecified atom stereocenters. The maximum absolute atomic E-state index is 8.66. The fourth-order valence-electron chi connectivity index (χ4n) is 1.34. The van der Waals surface area contributed by atoms with E-state index in [0.717, 1.165) is 6.42 Å². The van der Waals surface area contributed by atoms with E-state index in [1.807, 2.05) is 0 Å². The molecule has 1 saturated carbocycles. The average molecular weight is 113 g/mol. The third-order valence-electron chi connectivity index (χ3n) is 1.91. The molecule has 0 bridgehead atoms. The van der Waals surface area contributed by atoms with Crippen LogP contribution in [0.2, 0.25) is 0 Å². The zero-order valence-electron chi connectivity index (χ0n) is 5.14. The molecule has 0 amide bonds. The molecule has 0 saturated heterocycles. The minimum absolute atomic E-state index is 0.367. The number of aliphatic hydroxyl groups is 1. The van der Waals surface area contributed by atoms with Gasteiger partial charge in [0, 0.05) is 6.61 Å². The van der Waals surface area contributed by atoms with E-state index in [9.17, 15) is 0 Å². The van der Waals surface area contributed by atoms with E-state index in [2.05, 4.69) is 6.92 Å². The number of hydrogen-bond acceptors (Lipinski definition) is 1. The van der Waals surface area contributed by atoms with Crippen LogP contribution in [0.4, 0.5) is 0 Å². The summed E-state index contributed by atoms with van der Waals surface area (Å²) in [6.07, 6.45) is 3.53. The highest BCUT2D eigenvalue weighted by Crippen LogP contribution is 2.28. The molecule has 47 valence electrons. The van der Waals surface area contributed by atoms with Crippen molar-refractivity contribution in [2.45, 2.75) is 19.3 Å². The quantitative estimate of drug-likeness (QED) is 0.542. The molecule has 0 spiro atoms. The Morgan fingerprint density at radius 1 is 1.50 bits per heavy atom. The third-order valence-corrected chi connectivity index (χ3v) is 1.91. The molecule has 0 heterocycles. The first-order valence-corrected chi connectivity index (χ1v) is 3.27. The minimum atomic E-state index is 0.367. The maximum Gasteiger partial charge on any atom is 0.0459 e. The second-order valence-corrected chi connectivity index (χ2v) is 2.73. The lowest BCUT2D eigenvalue weighted by Crippen LogP contribution is -1.99. The second kappa shape index (κ2) is 2.49. The lowest BCUT2D eigenvalue weighted by atomic mass is 10.1. The predicted octanol–water partition coefficient (Wildman–Crippen LogP) is 1.23. The molecule has 1 heteroatoms. The van der Waals surface area contributed by atoms with Gasteiger partial charge in [-0.3, -0.25) is 0 Å². The number of hydrogen-bond donors (Lipinski definition) is 1. The van der Waals surface area contributed by atoms with Gasteiger partial charge in [-0.25, -0.2) is 0 Å². The van der Waals surface area contributed by atoms with Crippen LogP contribution in [0.1, 0.15) is 19.3 Å². The molecule has 1 fully saturated rings. The Bertz CT molecular complexity index is 70.8. The van der Waals surface area contributed by atoms with Crippen LogP contribution in [0.5, 0.6) is 0 Å². The molecule has 1 N–H and O–H groups in total. The Balaban J connectivity index is 2.22. The fraction of sp³-hybridized carbons (Fsp3) is 0.857. The standard InChI is InChI=1S/C7H13O/c1-6-2-3-7(4-6)5-8/h6-8H,1-5H2. The Morgan fingerprint density at radius 2 is 2.25 bits per heavy atom. The van der Waals surface area contributed by atoms with Gasteiger partial charge in [-0.05, 0) is 24.7 Å². The van der Waals surface area contributed by atoms with Gasteiger partial charge in [0.05, 0.1) is 0 Å². The summed E-state index contributed by atoms with van der Waals surface area (Å²) < 4.78 is 0. The first kappa shape index (κ1) is 6.09. The monoisotopic (exact) mass is 113 g/mol. The van der Waals surface area contributed by atoms with Crippen molar-refractivity contribution in [3.8, 4) is 0 Å². The van der Waals surface area contributed by atoms with E-state index >= 15 is 0 Å². The molecule has 0 aliphatic heterocycles. The molecule has 1 rings (SSSR count). The molecule has 1 radical (unpaired) electrons. The van der Waals surface area contributed by atoms with Gasteiger partial charge in [0.15, 0.2) is 0 Å². The van der Waals surface area contributed by atoms with Gasteiger partial charge in [0.25, 0.3) is 0 Å². The molecule has 1 aliphatic rings. The normalized spacial score (nSPS) is 38.2. The van der Waals surface area contributed by atoms with Crippen molar-refractivity contribution < 1.29 is 5.11 Å². The van der Waals surface area contributed by atoms with Crippen molar-refractivity contribution in [3.63, 3.8) is 0 Å². The highest BCUT2D eigenvalue weighted by atomic mass is 16.3. The molecular formula is C7H13O. The Morgan fingerprint density at radius 3 is 2.50 bits per heavy atom. The van der Waals surface area contributed by atoms with Crippen LogP contribution in [0.25, 0.3) is 0 Å². The van der Waals surface area contributed by atoms with Crippen molar-refractivity contribution in [2.24, 2.45) is 11.8 Å². The van der Waals surface area contributed by atoms with Crippen LogP contribution in [-0.2, 0) is 0 Å². The van der Waals surface area contributed by atoms with Crippen LogP contribution in [0.15, 0.2) is 0 Å². The largest absolute Gasteiger partial charge is 0.396 e. The van der Waals surface area contributed by atoms with Gasteiger partial charge in [-0.2, -0.15) is 0 Å². The van der Waals surface area contributed by atoms with Crippen LogP contribution in [0.3, 0.4) is 0 Å². The third kappa shape index (κ3) is 1.22. The van der Waals surface area contributed by atoms with Crippen LogP contribution in [0, 0.1) is 18.8 Å². The van der Waals surface area contributed by atoms with E-state index in [0.29, 0.717) is 18.4 Å². The molecular weight excluding hydrogens is 100 g/mol. The summed E-state index contributed by atoms with van der Waals surface area (Å²) in [5.41, 5.74) is 0. The van der Waals surface area contributed by atoms with Crippen LogP contribution < -0.4 is 0 Å². The second-order valence-electron chi connectivity index (χ2n) is 2.73. The first-order chi connectivity index (χ1) is 3.83. The smallest absolute Gasteiger partial charge is 0.0459 e. The van der Waals surface area contributed by atoms with Crippen molar-refractivity contribution in [3.05, 3.63) is 6.92 Å². The molecule has 1 aliphatic carbocycles. The van der Waals surface area contributed by atoms with Gasteiger partial charge in [-0.15, -0.1) is 0 Å². The zero-order valence-corrected chi connectivity index (χ0v) is 5.14. The van der Waals surface area contributed by atoms with Crippen molar-refractivity contribution >= 4 is 0 Å². The lowest BCUT2D eigenvalue weighted by molar-refractivity contribution is 0.228. The van der Waals surface area contributed by atoms with Gasteiger partial charge >= 0.3 is 0 Å². The lowest BCUT2D eigenvalue weighted by Gasteiger charge is -2.01. The van der Waals surface area contributed by atoms with E-state index in [1.54, 1.807) is 0 Å². The topological polar surface area (TPSA) is 20.2 Å².